The second-order valence-electron chi connectivity index (χ2n) is 7.61. The molecule has 0 saturated carbocycles. The average molecular weight is 362 g/mol. The van der Waals surface area contributed by atoms with Gasteiger partial charge in [0.2, 0.25) is 0 Å². The van der Waals surface area contributed by atoms with Crippen LogP contribution in [0.5, 0.6) is 0 Å². The Labute approximate surface area is 160 Å². The molecule has 0 saturated heterocycles. The van der Waals surface area contributed by atoms with E-state index in [4.69, 9.17) is 0 Å². The van der Waals surface area contributed by atoms with Gasteiger partial charge in [-0.3, -0.25) is 14.5 Å². The molecule has 0 unspecified atom stereocenters. The number of amides is 2. The van der Waals surface area contributed by atoms with Crippen molar-refractivity contribution in [2.75, 3.05) is 0 Å². The molecule has 148 valence electrons. The van der Waals surface area contributed by atoms with Gasteiger partial charge in [-0.15, -0.1) is 0 Å². The third kappa shape index (κ3) is 9.94. The first kappa shape index (κ1) is 22.7. The van der Waals surface area contributed by atoms with Crippen molar-refractivity contribution in [3.8, 4) is 0 Å². The second kappa shape index (κ2) is 14.8. The number of carbonyl (C=O) groups is 2. The maximum atomic E-state index is 11.7. The molecule has 1 aliphatic rings. The zero-order valence-corrected chi connectivity index (χ0v) is 17.1. The summed E-state index contributed by atoms with van der Waals surface area (Å²) in [7, 11) is 0. The van der Waals surface area contributed by atoms with E-state index in [1.807, 2.05) is 6.08 Å². The number of allylic oxidation sites excluding steroid dienone is 1. The van der Waals surface area contributed by atoms with Crippen molar-refractivity contribution in [1.29, 1.82) is 0 Å². The van der Waals surface area contributed by atoms with Gasteiger partial charge in [-0.25, -0.2) is 0 Å². The molecule has 0 N–H and O–H groups in total. The van der Waals surface area contributed by atoms with Crippen molar-refractivity contribution < 1.29 is 9.59 Å². The van der Waals surface area contributed by atoms with E-state index in [0.717, 1.165) is 12.8 Å². The summed E-state index contributed by atoms with van der Waals surface area (Å²) in [6.07, 6.45) is 25.0. The van der Waals surface area contributed by atoms with E-state index in [-0.39, 0.29) is 11.8 Å². The standard InChI is InChI=1S/C23H39NO2/c1-3-4-5-6-7-8-9-10-11-12-13-14-15-16-17-18-19-24-22(25)20-21(2)23(24)26/h18-20H,3-17H2,1-2H3. The van der Waals surface area contributed by atoms with Crippen molar-refractivity contribution in [3.05, 3.63) is 23.9 Å². The Hall–Kier alpha value is -1.38. The fraction of sp³-hybridized carbons (Fsp3) is 0.739. The number of imide groups is 1. The molecular weight excluding hydrogens is 322 g/mol. The lowest BCUT2D eigenvalue weighted by Gasteiger charge is -2.07. The molecule has 3 heteroatoms. The van der Waals surface area contributed by atoms with Crippen molar-refractivity contribution in [2.24, 2.45) is 0 Å². The first-order valence-electron chi connectivity index (χ1n) is 10.9. The van der Waals surface area contributed by atoms with E-state index < -0.39 is 0 Å². The van der Waals surface area contributed by atoms with E-state index in [2.05, 4.69) is 6.92 Å². The SMILES string of the molecule is CCCCCCCCCCCCCCCCC=CN1C(=O)C=C(C)C1=O. The summed E-state index contributed by atoms with van der Waals surface area (Å²) in [6.45, 7) is 3.95. The number of rotatable bonds is 16. The Morgan fingerprint density at radius 1 is 0.769 bits per heavy atom. The molecule has 0 fully saturated rings. The topological polar surface area (TPSA) is 37.4 Å². The predicted molar refractivity (Wildman–Crippen MR) is 110 cm³/mol. The highest BCUT2D eigenvalue weighted by atomic mass is 16.2. The molecule has 0 aliphatic carbocycles. The van der Waals surface area contributed by atoms with Crippen LogP contribution in [0.1, 0.15) is 110 Å². The lowest BCUT2D eigenvalue weighted by Crippen LogP contribution is -2.24. The van der Waals surface area contributed by atoms with E-state index in [0.29, 0.717) is 5.57 Å². The molecule has 0 radical (unpaired) electrons. The van der Waals surface area contributed by atoms with Gasteiger partial charge in [0.1, 0.15) is 0 Å². The second-order valence-corrected chi connectivity index (χ2v) is 7.61. The summed E-state index contributed by atoms with van der Waals surface area (Å²) in [5, 5.41) is 0. The van der Waals surface area contributed by atoms with E-state index in [1.165, 1.54) is 94.4 Å². The summed E-state index contributed by atoms with van der Waals surface area (Å²) in [4.78, 5) is 24.5. The maximum absolute atomic E-state index is 11.7. The van der Waals surface area contributed by atoms with Crippen LogP contribution in [-0.2, 0) is 9.59 Å². The largest absolute Gasteiger partial charge is 0.269 e. The molecule has 1 rings (SSSR count). The minimum Gasteiger partial charge on any atom is -0.269 e. The molecule has 1 aliphatic heterocycles. The van der Waals surface area contributed by atoms with Gasteiger partial charge < -0.3 is 0 Å². The van der Waals surface area contributed by atoms with Gasteiger partial charge in [0, 0.05) is 17.8 Å². The van der Waals surface area contributed by atoms with Crippen molar-refractivity contribution in [2.45, 2.75) is 110 Å². The molecule has 26 heavy (non-hydrogen) atoms. The lowest BCUT2D eigenvalue weighted by atomic mass is 10.0. The molecule has 3 nitrogen and oxygen atoms in total. The smallest absolute Gasteiger partial charge is 0.260 e. The summed E-state index contributed by atoms with van der Waals surface area (Å²) in [5.41, 5.74) is 0.524. The Balaban J connectivity index is 1.83. The minimum absolute atomic E-state index is 0.188. The van der Waals surface area contributed by atoms with Crippen LogP contribution < -0.4 is 0 Å². The molecule has 0 atom stereocenters. The summed E-state index contributed by atoms with van der Waals surface area (Å²) in [5.74, 6) is -0.406. The third-order valence-electron chi connectivity index (χ3n) is 5.11. The van der Waals surface area contributed by atoms with Crippen molar-refractivity contribution in [3.63, 3.8) is 0 Å². The summed E-state index contributed by atoms with van der Waals surface area (Å²) < 4.78 is 0. The Morgan fingerprint density at radius 3 is 1.65 bits per heavy atom. The van der Waals surface area contributed by atoms with Gasteiger partial charge in [0.25, 0.3) is 11.8 Å². The third-order valence-corrected chi connectivity index (χ3v) is 5.11. The van der Waals surface area contributed by atoms with E-state index in [9.17, 15) is 9.59 Å². The Bertz CT molecular complexity index is 465. The molecule has 0 bridgehead atoms. The Kier molecular flexibility index (Phi) is 12.9. The minimum atomic E-state index is -0.218. The number of carbonyl (C=O) groups excluding carboxylic acids is 2. The zero-order chi connectivity index (χ0) is 19.0. The highest BCUT2D eigenvalue weighted by molar-refractivity contribution is 6.16. The maximum Gasteiger partial charge on any atom is 0.260 e. The van der Waals surface area contributed by atoms with Crippen LogP contribution in [0, 0.1) is 0 Å². The normalized spacial score (nSPS) is 14.7. The van der Waals surface area contributed by atoms with Gasteiger partial charge in [-0.05, 0) is 19.8 Å². The van der Waals surface area contributed by atoms with Crippen LogP contribution >= 0.6 is 0 Å². The fourth-order valence-electron chi connectivity index (χ4n) is 3.38. The monoisotopic (exact) mass is 361 g/mol. The molecule has 0 aromatic rings. The summed E-state index contributed by atoms with van der Waals surface area (Å²) in [6, 6.07) is 0. The van der Waals surface area contributed by atoms with Crippen LogP contribution in [0.3, 0.4) is 0 Å². The van der Waals surface area contributed by atoms with Gasteiger partial charge >= 0.3 is 0 Å². The van der Waals surface area contributed by atoms with Crippen molar-refractivity contribution >= 4 is 11.8 Å². The number of hydrogen-bond donors (Lipinski definition) is 0. The Morgan fingerprint density at radius 2 is 1.23 bits per heavy atom. The lowest BCUT2D eigenvalue weighted by molar-refractivity contribution is -0.134. The highest BCUT2D eigenvalue weighted by Gasteiger charge is 2.25. The molecule has 0 aromatic carbocycles. The van der Waals surface area contributed by atoms with Crippen LogP contribution in [-0.4, -0.2) is 16.7 Å². The highest BCUT2D eigenvalue weighted by Crippen LogP contribution is 2.15. The number of nitrogens with zero attached hydrogens (tertiary/aromatic N) is 1. The van der Waals surface area contributed by atoms with Gasteiger partial charge in [0.05, 0.1) is 0 Å². The predicted octanol–water partition coefficient (Wildman–Crippen LogP) is 6.69. The van der Waals surface area contributed by atoms with E-state index in [1.54, 1.807) is 13.1 Å². The fourth-order valence-corrected chi connectivity index (χ4v) is 3.38. The molecule has 2 amide bonds. The molecule has 0 aromatic heterocycles. The van der Waals surface area contributed by atoms with E-state index >= 15 is 0 Å². The van der Waals surface area contributed by atoms with Crippen LogP contribution in [0.25, 0.3) is 0 Å². The summed E-state index contributed by atoms with van der Waals surface area (Å²) >= 11 is 0. The molecule has 0 spiro atoms. The first-order valence-corrected chi connectivity index (χ1v) is 10.9. The average Bonchev–Trinajstić information content (AvgIpc) is 2.87. The zero-order valence-electron chi connectivity index (χ0n) is 17.1. The van der Waals surface area contributed by atoms with Crippen LogP contribution in [0.2, 0.25) is 0 Å². The van der Waals surface area contributed by atoms with Crippen molar-refractivity contribution in [1.82, 2.24) is 4.90 Å². The van der Waals surface area contributed by atoms with Crippen LogP contribution in [0.15, 0.2) is 23.9 Å². The van der Waals surface area contributed by atoms with Crippen LogP contribution in [0.4, 0.5) is 0 Å². The van der Waals surface area contributed by atoms with Gasteiger partial charge in [-0.2, -0.15) is 0 Å². The van der Waals surface area contributed by atoms with Gasteiger partial charge in [0.15, 0.2) is 0 Å². The number of hydrogen-bond acceptors (Lipinski definition) is 2. The first-order chi connectivity index (χ1) is 12.7. The molecular formula is C23H39NO2. The quantitative estimate of drug-likeness (QED) is 0.227. The molecule has 1 heterocycles. The number of unbranched alkanes of at least 4 members (excludes halogenated alkanes) is 14. The van der Waals surface area contributed by atoms with Gasteiger partial charge in [-0.1, -0.05) is 96.5 Å².